The van der Waals surface area contributed by atoms with E-state index in [1.807, 2.05) is 6.92 Å². The molecule has 2 aromatic rings. The van der Waals surface area contributed by atoms with Gasteiger partial charge in [-0.25, -0.2) is 4.98 Å². The van der Waals surface area contributed by atoms with E-state index in [9.17, 15) is 10.1 Å². The van der Waals surface area contributed by atoms with Crippen molar-refractivity contribution in [2.24, 2.45) is 0 Å². The van der Waals surface area contributed by atoms with E-state index >= 15 is 0 Å². The maximum Gasteiger partial charge on any atom is 0.276 e. The van der Waals surface area contributed by atoms with E-state index < -0.39 is 4.92 Å². The van der Waals surface area contributed by atoms with Gasteiger partial charge >= 0.3 is 0 Å². The third-order valence-electron chi connectivity index (χ3n) is 2.41. The van der Waals surface area contributed by atoms with E-state index in [2.05, 4.69) is 30.3 Å². The summed E-state index contributed by atoms with van der Waals surface area (Å²) in [5.41, 5.74) is -0.0331. The number of aromatic nitrogens is 3. The zero-order valence-corrected chi connectivity index (χ0v) is 10.9. The van der Waals surface area contributed by atoms with E-state index in [4.69, 9.17) is 0 Å². The summed E-state index contributed by atoms with van der Waals surface area (Å²) in [6, 6.07) is 2.76. The zero-order valence-electron chi connectivity index (χ0n) is 10.9. The van der Waals surface area contributed by atoms with Gasteiger partial charge in [-0.3, -0.25) is 10.1 Å². The van der Waals surface area contributed by atoms with Gasteiger partial charge in [-0.1, -0.05) is 12.1 Å². The van der Waals surface area contributed by atoms with E-state index in [1.54, 1.807) is 0 Å². The molecule has 0 spiro atoms. The Morgan fingerprint density at radius 2 is 2.10 bits per heavy atom. The van der Waals surface area contributed by atoms with Crippen LogP contribution >= 0.6 is 0 Å². The molecule has 0 aliphatic carbocycles. The van der Waals surface area contributed by atoms with Crippen molar-refractivity contribution in [3.8, 4) is 0 Å². The van der Waals surface area contributed by atoms with Gasteiger partial charge in [-0.05, 0) is 6.42 Å². The Kier molecular flexibility index (Phi) is 4.43. The van der Waals surface area contributed by atoms with Gasteiger partial charge in [-0.15, -0.1) is 0 Å². The standard InChI is InChI=1S/C11H14N6O3/c1-2-3-12-9-4-8(17(18)19)5-10(15-9)13-6-11-14-7-20-16-11/h4-5,7H,2-3,6H2,1H3,(H2,12,13,15). The quantitative estimate of drug-likeness (QED) is 0.581. The molecule has 0 saturated heterocycles. The molecule has 0 atom stereocenters. The Bertz CT molecular complexity index is 572. The molecule has 2 heterocycles. The van der Waals surface area contributed by atoms with Crippen molar-refractivity contribution in [1.82, 2.24) is 15.1 Å². The molecule has 0 aliphatic heterocycles. The molecule has 2 aromatic heterocycles. The van der Waals surface area contributed by atoms with Crippen LogP contribution in [-0.4, -0.2) is 26.6 Å². The number of nitrogens with one attached hydrogen (secondary N) is 2. The van der Waals surface area contributed by atoms with Crippen LogP contribution in [0.3, 0.4) is 0 Å². The Balaban J connectivity index is 2.13. The number of hydrogen-bond acceptors (Lipinski definition) is 8. The average molecular weight is 278 g/mol. The van der Waals surface area contributed by atoms with E-state index in [-0.39, 0.29) is 12.2 Å². The van der Waals surface area contributed by atoms with Gasteiger partial charge < -0.3 is 15.2 Å². The molecule has 0 bridgehead atoms. The molecular weight excluding hydrogens is 264 g/mol. The Labute approximate surface area is 114 Å². The summed E-state index contributed by atoms with van der Waals surface area (Å²) in [6.45, 7) is 2.97. The predicted octanol–water partition coefficient (Wildman–Crippen LogP) is 1.81. The van der Waals surface area contributed by atoms with Crippen LogP contribution in [0.5, 0.6) is 0 Å². The second-order valence-corrected chi connectivity index (χ2v) is 3.98. The van der Waals surface area contributed by atoms with Crippen LogP contribution < -0.4 is 10.6 Å². The third kappa shape index (κ3) is 3.64. The fourth-order valence-electron chi connectivity index (χ4n) is 1.50. The Morgan fingerprint density at radius 3 is 2.70 bits per heavy atom. The molecule has 0 amide bonds. The first kappa shape index (κ1) is 13.7. The maximum absolute atomic E-state index is 10.9. The van der Waals surface area contributed by atoms with Crippen molar-refractivity contribution >= 4 is 17.3 Å². The van der Waals surface area contributed by atoms with Crippen molar-refractivity contribution in [1.29, 1.82) is 0 Å². The molecule has 9 nitrogen and oxygen atoms in total. The second kappa shape index (κ2) is 6.45. The first-order chi connectivity index (χ1) is 9.69. The van der Waals surface area contributed by atoms with Crippen molar-refractivity contribution in [3.05, 3.63) is 34.5 Å². The van der Waals surface area contributed by atoms with Crippen molar-refractivity contribution in [2.75, 3.05) is 17.2 Å². The molecule has 0 aromatic carbocycles. The molecule has 0 radical (unpaired) electrons. The largest absolute Gasteiger partial charge is 0.370 e. The summed E-state index contributed by atoms with van der Waals surface area (Å²) < 4.78 is 4.60. The molecular formula is C11H14N6O3. The van der Waals surface area contributed by atoms with Crippen molar-refractivity contribution < 1.29 is 9.45 Å². The molecule has 106 valence electrons. The van der Waals surface area contributed by atoms with Crippen molar-refractivity contribution in [3.63, 3.8) is 0 Å². The molecule has 2 N–H and O–H groups in total. The fraction of sp³-hybridized carbons (Fsp3) is 0.364. The fourth-order valence-corrected chi connectivity index (χ4v) is 1.50. The van der Waals surface area contributed by atoms with Crippen LogP contribution in [0.1, 0.15) is 19.2 Å². The number of rotatable bonds is 7. The van der Waals surface area contributed by atoms with E-state index in [0.29, 0.717) is 24.0 Å². The molecule has 9 heteroatoms. The average Bonchev–Trinajstić information content (AvgIpc) is 2.96. The first-order valence-corrected chi connectivity index (χ1v) is 6.08. The highest BCUT2D eigenvalue weighted by atomic mass is 16.6. The van der Waals surface area contributed by atoms with Gasteiger partial charge in [-0.2, -0.15) is 4.98 Å². The lowest BCUT2D eigenvalue weighted by Gasteiger charge is -2.07. The topological polar surface area (TPSA) is 119 Å². The molecule has 0 unspecified atom stereocenters. The Hall–Kier alpha value is -2.71. The summed E-state index contributed by atoms with van der Waals surface area (Å²) in [5.74, 6) is 1.28. The van der Waals surface area contributed by atoms with Crippen LogP contribution in [-0.2, 0) is 6.54 Å². The third-order valence-corrected chi connectivity index (χ3v) is 2.41. The summed E-state index contributed by atoms with van der Waals surface area (Å²) in [4.78, 5) is 18.5. The highest BCUT2D eigenvalue weighted by Crippen LogP contribution is 2.20. The normalized spacial score (nSPS) is 10.2. The van der Waals surface area contributed by atoms with Gasteiger partial charge in [0.15, 0.2) is 5.82 Å². The van der Waals surface area contributed by atoms with Gasteiger partial charge in [0.2, 0.25) is 6.39 Å². The minimum Gasteiger partial charge on any atom is -0.370 e. The number of pyridine rings is 1. The lowest BCUT2D eigenvalue weighted by molar-refractivity contribution is -0.384. The highest BCUT2D eigenvalue weighted by molar-refractivity contribution is 5.54. The smallest absolute Gasteiger partial charge is 0.276 e. The van der Waals surface area contributed by atoms with Gasteiger partial charge in [0.05, 0.1) is 23.6 Å². The lowest BCUT2D eigenvalue weighted by atomic mass is 10.3. The summed E-state index contributed by atoms with van der Waals surface area (Å²) in [7, 11) is 0. The van der Waals surface area contributed by atoms with Gasteiger partial charge in [0, 0.05) is 6.54 Å². The van der Waals surface area contributed by atoms with Crippen molar-refractivity contribution in [2.45, 2.75) is 19.9 Å². The number of anilines is 2. The lowest BCUT2D eigenvalue weighted by Crippen LogP contribution is -2.07. The van der Waals surface area contributed by atoms with Crippen LogP contribution in [0.2, 0.25) is 0 Å². The number of nitrogens with zero attached hydrogens (tertiary/aromatic N) is 4. The molecule has 0 aliphatic rings. The Morgan fingerprint density at radius 1 is 1.35 bits per heavy atom. The van der Waals surface area contributed by atoms with Crippen LogP contribution in [0.15, 0.2) is 23.0 Å². The van der Waals surface area contributed by atoms with Gasteiger partial charge in [0.25, 0.3) is 5.69 Å². The van der Waals surface area contributed by atoms with Crippen LogP contribution in [0.4, 0.5) is 17.3 Å². The SMILES string of the molecule is CCCNc1cc([N+](=O)[O-])cc(NCc2ncon2)n1. The minimum absolute atomic E-state index is 0.0331. The summed E-state index contributed by atoms with van der Waals surface area (Å²) in [6.07, 6.45) is 2.11. The minimum atomic E-state index is -0.460. The van der Waals surface area contributed by atoms with Crippen LogP contribution in [0.25, 0.3) is 0 Å². The van der Waals surface area contributed by atoms with E-state index in [1.165, 1.54) is 18.5 Å². The molecule has 0 fully saturated rings. The second-order valence-electron chi connectivity index (χ2n) is 3.98. The molecule has 20 heavy (non-hydrogen) atoms. The summed E-state index contributed by atoms with van der Waals surface area (Å²) >= 11 is 0. The van der Waals surface area contributed by atoms with Gasteiger partial charge in [0.1, 0.15) is 11.6 Å². The predicted molar refractivity (Wildman–Crippen MR) is 71.3 cm³/mol. The van der Waals surface area contributed by atoms with Crippen LogP contribution in [0, 0.1) is 10.1 Å². The molecule has 0 saturated carbocycles. The first-order valence-electron chi connectivity index (χ1n) is 6.08. The maximum atomic E-state index is 10.9. The summed E-state index contributed by atoms with van der Waals surface area (Å²) in [5, 5.41) is 20.5. The monoisotopic (exact) mass is 278 g/mol. The number of nitro groups is 1. The van der Waals surface area contributed by atoms with E-state index in [0.717, 1.165) is 6.42 Å². The number of hydrogen-bond donors (Lipinski definition) is 2. The molecule has 2 rings (SSSR count). The zero-order chi connectivity index (χ0) is 14.4. The highest BCUT2D eigenvalue weighted by Gasteiger charge is 2.11.